The molecule has 1 aromatic heterocycles. The predicted octanol–water partition coefficient (Wildman–Crippen LogP) is 3.95. The molecule has 2 N–H and O–H groups in total. The lowest BCUT2D eigenvalue weighted by Gasteiger charge is -2.13. The van der Waals surface area contributed by atoms with Gasteiger partial charge in [-0.05, 0) is 31.0 Å². The third-order valence-electron chi connectivity index (χ3n) is 4.56. The Kier molecular flexibility index (Phi) is 6.01. The molecule has 0 aliphatic carbocycles. The number of unbranched alkanes of at least 4 members (excludes halogenated alkanes) is 2. The molecule has 0 radical (unpaired) electrons. The summed E-state index contributed by atoms with van der Waals surface area (Å²) in [5.41, 5.74) is 4.55. The first-order valence-corrected chi connectivity index (χ1v) is 9.25. The van der Waals surface area contributed by atoms with Crippen molar-refractivity contribution in [2.24, 2.45) is 0 Å². The number of aromatic nitrogens is 1. The number of fused-ring (bicyclic) bond motifs is 1. The van der Waals surface area contributed by atoms with Gasteiger partial charge >= 0.3 is 0 Å². The van der Waals surface area contributed by atoms with E-state index in [4.69, 9.17) is 21.2 Å². The number of aromatic amines is 1. The molecule has 1 atom stereocenters. The summed E-state index contributed by atoms with van der Waals surface area (Å²) in [6.45, 7) is 2.11. The molecule has 1 aromatic carbocycles. The Morgan fingerprint density at radius 2 is 2.22 bits per heavy atom. The average Bonchev–Trinajstić information content (AvgIpc) is 3.24. The number of rotatable bonds is 7. The first kappa shape index (κ1) is 19.2. The van der Waals surface area contributed by atoms with Crippen LogP contribution in [0.2, 0.25) is 5.02 Å². The van der Waals surface area contributed by atoms with Crippen LogP contribution in [-0.2, 0) is 19.2 Å². The zero-order chi connectivity index (χ0) is 19.4. The summed E-state index contributed by atoms with van der Waals surface area (Å²) in [5.74, 6) is 1.10. The van der Waals surface area contributed by atoms with Crippen LogP contribution in [0.5, 0.6) is 0 Å². The molecule has 27 heavy (non-hydrogen) atoms. The largest absolute Gasteiger partial charge is 0.474 e. The zero-order valence-corrected chi connectivity index (χ0v) is 16.0. The molecule has 142 valence electrons. The molecule has 0 saturated heterocycles. The summed E-state index contributed by atoms with van der Waals surface area (Å²) >= 11 is 6.29. The Labute approximate surface area is 162 Å². The van der Waals surface area contributed by atoms with Gasteiger partial charge in [0.2, 0.25) is 5.76 Å². The van der Waals surface area contributed by atoms with Crippen molar-refractivity contribution in [2.45, 2.75) is 38.7 Å². The molecule has 1 aliphatic heterocycles. The minimum Gasteiger partial charge on any atom is -0.474 e. The third-order valence-corrected chi connectivity index (χ3v) is 4.89. The zero-order valence-electron chi connectivity index (χ0n) is 15.2. The summed E-state index contributed by atoms with van der Waals surface area (Å²) < 4.78 is 5.78. The highest BCUT2D eigenvalue weighted by Crippen LogP contribution is 2.40. The highest BCUT2D eigenvalue weighted by molar-refractivity contribution is 6.35. The fraction of sp³-hybridized carbons (Fsp3) is 0.350. The van der Waals surface area contributed by atoms with E-state index in [1.165, 1.54) is 7.11 Å². The van der Waals surface area contributed by atoms with Crippen molar-refractivity contribution in [3.05, 3.63) is 46.3 Å². The standard InChI is InChI=1S/C20H21ClN2O4/c1-3-4-5-9-16-18(19(17(11-24)27-16)20(25)23-26-2)15-10-12-13(21)7-6-8-14(12)22-15/h6-8,10,16,22H,3-5,9H2,1-2H3,(H,23,25). The van der Waals surface area contributed by atoms with E-state index in [1.54, 1.807) is 12.0 Å². The Morgan fingerprint density at radius 3 is 2.89 bits per heavy atom. The molecule has 0 spiro atoms. The second-order valence-corrected chi connectivity index (χ2v) is 6.75. The van der Waals surface area contributed by atoms with E-state index in [2.05, 4.69) is 17.4 Å². The minimum atomic E-state index is -0.548. The number of nitrogens with one attached hydrogen (secondary N) is 2. The topological polar surface area (TPSA) is 80.4 Å². The second-order valence-electron chi connectivity index (χ2n) is 6.34. The van der Waals surface area contributed by atoms with Crippen LogP contribution in [0, 0.1) is 0 Å². The van der Waals surface area contributed by atoms with Gasteiger partial charge < -0.3 is 9.72 Å². The van der Waals surface area contributed by atoms with Gasteiger partial charge in [-0.25, -0.2) is 10.3 Å². The SMILES string of the molecule is CCCCCC1OC(=C=O)C(C(=O)NOC)=C1c1cc2c(Cl)cccc2[nH]1. The fourth-order valence-corrected chi connectivity index (χ4v) is 3.57. The highest BCUT2D eigenvalue weighted by atomic mass is 35.5. The third kappa shape index (κ3) is 3.78. The monoisotopic (exact) mass is 388 g/mol. The Hall–Kier alpha value is -2.53. The number of ether oxygens (including phenoxy) is 1. The maximum atomic E-state index is 12.5. The van der Waals surface area contributed by atoms with Crippen LogP contribution in [-0.4, -0.2) is 30.0 Å². The lowest BCUT2D eigenvalue weighted by Crippen LogP contribution is -2.24. The summed E-state index contributed by atoms with van der Waals surface area (Å²) in [4.78, 5) is 32.0. The van der Waals surface area contributed by atoms with Crippen molar-refractivity contribution in [2.75, 3.05) is 7.11 Å². The average molecular weight is 389 g/mol. The van der Waals surface area contributed by atoms with Crippen molar-refractivity contribution >= 4 is 39.9 Å². The number of hydrogen-bond acceptors (Lipinski definition) is 4. The lowest BCUT2D eigenvalue weighted by atomic mass is 9.97. The Bertz CT molecular complexity index is 941. The number of carbonyl (C=O) groups is 1. The van der Waals surface area contributed by atoms with Gasteiger partial charge in [0.1, 0.15) is 11.7 Å². The van der Waals surface area contributed by atoms with Gasteiger partial charge in [-0.2, -0.15) is 0 Å². The Balaban J connectivity index is 2.13. The fourth-order valence-electron chi connectivity index (χ4n) is 3.34. The maximum absolute atomic E-state index is 12.5. The molecule has 2 aromatic rings. The molecule has 0 saturated carbocycles. The highest BCUT2D eigenvalue weighted by Gasteiger charge is 2.37. The quantitative estimate of drug-likeness (QED) is 0.427. The van der Waals surface area contributed by atoms with Gasteiger partial charge in [-0.1, -0.05) is 37.4 Å². The van der Waals surface area contributed by atoms with E-state index in [0.29, 0.717) is 22.7 Å². The number of benzene rings is 1. The molecule has 2 heterocycles. The van der Waals surface area contributed by atoms with Crippen LogP contribution in [0.1, 0.15) is 38.3 Å². The molecule has 0 fully saturated rings. The van der Waals surface area contributed by atoms with Crippen LogP contribution < -0.4 is 5.48 Å². The summed E-state index contributed by atoms with van der Waals surface area (Å²) in [6, 6.07) is 7.42. The molecule has 6 nitrogen and oxygen atoms in total. The first-order valence-electron chi connectivity index (χ1n) is 8.87. The number of halogens is 1. The summed E-state index contributed by atoms with van der Waals surface area (Å²) in [6.07, 6.45) is 3.27. The van der Waals surface area contributed by atoms with Gasteiger partial charge in [0.25, 0.3) is 5.91 Å². The maximum Gasteiger partial charge on any atom is 0.279 e. The van der Waals surface area contributed by atoms with E-state index >= 15 is 0 Å². The molecular formula is C20H21ClN2O4. The van der Waals surface area contributed by atoms with E-state index in [-0.39, 0.29) is 11.3 Å². The van der Waals surface area contributed by atoms with Crippen molar-refractivity contribution in [1.29, 1.82) is 0 Å². The van der Waals surface area contributed by atoms with Crippen LogP contribution in [0.15, 0.2) is 35.6 Å². The second kappa shape index (κ2) is 8.44. The molecule has 1 aliphatic rings. The number of amides is 1. The molecule has 0 bridgehead atoms. The van der Waals surface area contributed by atoms with Crippen LogP contribution >= 0.6 is 11.6 Å². The molecular weight excluding hydrogens is 368 g/mol. The van der Waals surface area contributed by atoms with Gasteiger partial charge in [0.05, 0.1) is 7.11 Å². The van der Waals surface area contributed by atoms with Gasteiger partial charge in [0, 0.05) is 27.2 Å². The number of H-pyrrole nitrogens is 1. The molecule has 1 amide bonds. The van der Waals surface area contributed by atoms with Crippen LogP contribution in [0.25, 0.3) is 16.5 Å². The number of hydrogen-bond donors (Lipinski definition) is 2. The Morgan fingerprint density at radius 1 is 1.41 bits per heavy atom. The molecule has 7 heteroatoms. The minimum absolute atomic E-state index is 0.106. The normalized spacial score (nSPS) is 16.6. The predicted molar refractivity (Wildman–Crippen MR) is 104 cm³/mol. The molecule has 3 rings (SSSR count). The smallest absolute Gasteiger partial charge is 0.279 e. The lowest BCUT2D eigenvalue weighted by molar-refractivity contribution is -0.127. The molecule has 1 unspecified atom stereocenters. The van der Waals surface area contributed by atoms with Gasteiger partial charge in [-0.3, -0.25) is 9.63 Å². The van der Waals surface area contributed by atoms with Crippen molar-refractivity contribution in [3.63, 3.8) is 0 Å². The summed E-state index contributed by atoms with van der Waals surface area (Å²) in [7, 11) is 1.33. The van der Waals surface area contributed by atoms with Gasteiger partial charge in [-0.15, -0.1) is 0 Å². The van der Waals surface area contributed by atoms with Crippen LogP contribution in [0.3, 0.4) is 0 Å². The van der Waals surface area contributed by atoms with Crippen molar-refractivity contribution in [1.82, 2.24) is 10.5 Å². The van der Waals surface area contributed by atoms with Gasteiger partial charge in [0.15, 0.2) is 5.94 Å². The summed E-state index contributed by atoms with van der Waals surface area (Å²) in [5, 5.41) is 1.44. The van der Waals surface area contributed by atoms with E-state index in [1.807, 2.05) is 18.2 Å². The van der Waals surface area contributed by atoms with E-state index < -0.39 is 12.0 Å². The van der Waals surface area contributed by atoms with E-state index in [9.17, 15) is 9.59 Å². The van der Waals surface area contributed by atoms with Crippen molar-refractivity contribution in [3.8, 4) is 0 Å². The number of hydroxylamine groups is 1. The van der Waals surface area contributed by atoms with Crippen molar-refractivity contribution < 1.29 is 19.2 Å². The van der Waals surface area contributed by atoms with E-state index in [0.717, 1.165) is 30.2 Å². The first-order chi connectivity index (χ1) is 13.1. The van der Waals surface area contributed by atoms with Crippen LogP contribution in [0.4, 0.5) is 0 Å². The number of carbonyl (C=O) groups excluding carboxylic acids is 2.